The van der Waals surface area contributed by atoms with Crippen molar-refractivity contribution in [3.05, 3.63) is 70.0 Å². The number of hydrogen-bond donors (Lipinski definition) is 1. The molecule has 1 saturated heterocycles. The molecule has 5 rings (SSSR count). The summed E-state index contributed by atoms with van der Waals surface area (Å²) in [7, 11) is 0. The summed E-state index contributed by atoms with van der Waals surface area (Å²) in [5.41, 5.74) is 3.08. The standard InChI is InChI=1S/C26H27N3O3S2/c1-17-7-2-3-8-18(17)16-33-26-28-23-20-10-4-5-11-21(20)34-24(23)25(31)29(26)13-12-22(30)27-15-19-9-6-14-32-19/h2-5,7-8,10-11,19H,6,9,12-16H2,1H3,(H,27,30). The Morgan fingerprint density at radius 1 is 1.24 bits per heavy atom. The van der Waals surface area contributed by atoms with Crippen molar-refractivity contribution < 1.29 is 9.53 Å². The third-order valence-electron chi connectivity index (χ3n) is 6.18. The lowest BCUT2D eigenvalue weighted by atomic mass is 10.1. The van der Waals surface area contributed by atoms with Gasteiger partial charge in [-0.3, -0.25) is 14.2 Å². The molecule has 1 aliphatic rings. The SMILES string of the molecule is Cc1ccccc1CSc1nc2c(sc3ccccc32)c(=O)n1CCC(=O)NCC1CCCO1. The number of nitrogens with one attached hydrogen (secondary N) is 1. The summed E-state index contributed by atoms with van der Waals surface area (Å²) >= 11 is 3.01. The van der Waals surface area contributed by atoms with Gasteiger partial charge in [-0.2, -0.15) is 0 Å². The highest BCUT2D eigenvalue weighted by molar-refractivity contribution is 7.98. The fourth-order valence-corrected chi connectivity index (χ4v) is 6.40. The summed E-state index contributed by atoms with van der Waals surface area (Å²) in [4.78, 5) is 31.0. The molecule has 0 spiro atoms. The fraction of sp³-hybridized carbons (Fsp3) is 0.346. The maximum absolute atomic E-state index is 13.5. The Labute approximate surface area is 206 Å². The van der Waals surface area contributed by atoms with E-state index in [1.807, 2.05) is 36.4 Å². The van der Waals surface area contributed by atoms with E-state index in [4.69, 9.17) is 9.72 Å². The third kappa shape index (κ3) is 4.89. The van der Waals surface area contributed by atoms with Crippen LogP contribution in [0.4, 0.5) is 0 Å². The van der Waals surface area contributed by atoms with Gasteiger partial charge in [0, 0.05) is 42.0 Å². The van der Waals surface area contributed by atoms with E-state index >= 15 is 0 Å². The Kier molecular flexibility index (Phi) is 6.99. The van der Waals surface area contributed by atoms with E-state index in [2.05, 4.69) is 24.4 Å². The minimum absolute atomic E-state index is 0.0753. The Morgan fingerprint density at radius 2 is 2.06 bits per heavy atom. The number of thioether (sulfide) groups is 1. The maximum Gasteiger partial charge on any atom is 0.272 e. The summed E-state index contributed by atoms with van der Waals surface area (Å²) in [6.45, 7) is 3.67. The first-order chi connectivity index (χ1) is 16.6. The van der Waals surface area contributed by atoms with Crippen LogP contribution in [0.25, 0.3) is 20.3 Å². The molecular weight excluding hydrogens is 466 g/mol. The van der Waals surface area contributed by atoms with E-state index in [-0.39, 0.29) is 24.0 Å². The van der Waals surface area contributed by atoms with Gasteiger partial charge < -0.3 is 10.1 Å². The number of thiophene rings is 1. The number of fused-ring (bicyclic) bond motifs is 3. The summed E-state index contributed by atoms with van der Waals surface area (Å²) in [6.07, 6.45) is 2.34. The largest absolute Gasteiger partial charge is 0.376 e. The average Bonchev–Trinajstić information content (AvgIpc) is 3.50. The van der Waals surface area contributed by atoms with E-state index in [9.17, 15) is 9.59 Å². The number of nitrogens with zero attached hydrogens (tertiary/aromatic N) is 2. The second kappa shape index (κ2) is 10.3. The molecule has 8 heteroatoms. The van der Waals surface area contributed by atoms with Crippen LogP contribution in [0.2, 0.25) is 0 Å². The molecule has 6 nitrogen and oxygen atoms in total. The van der Waals surface area contributed by atoms with E-state index in [0.29, 0.717) is 28.7 Å². The van der Waals surface area contributed by atoms with Crippen LogP contribution in [0.1, 0.15) is 30.4 Å². The summed E-state index contributed by atoms with van der Waals surface area (Å²) < 4.78 is 8.94. The lowest BCUT2D eigenvalue weighted by molar-refractivity contribution is -0.121. The smallest absolute Gasteiger partial charge is 0.272 e. The molecule has 34 heavy (non-hydrogen) atoms. The van der Waals surface area contributed by atoms with Crippen LogP contribution in [0.15, 0.2) is 58.5 Å². The molecule has 1 N–H and O–H groups in total. The number of amides is 1. The number of hydrogen-bond acceptors (Lipinski definition) is 6. The molecule has 1 amide bonds. The fourth-order valence-electron chi connectivity index (χ4n) is 4.21. The van der Waals surface area contributed by atoms with Gasteiger partial charge >= 0.3 is 0 Å². The van der Waals surface area contributed by atoms with E-state index in [1.165, 1.54) is 22.5 Å². The molecule has 0 saturated carbocycles. The van der Waals surface area contributed by atoms with Crippen molar-refractivity contribution in [1.29, 1.82) is 0 Å². The topological polar surface area (TPSA) is 73.2 Å². The van der Waals surface area contributed by atoms with E-state index < -0.39 is 0 Å². The zero-order valence-corrected chi connectivity index (χ0v) is 20.7. The summed E-state index contributed by atoms with van der Waals surface area (Å²) in [6, 6.07) is 16.2. The predicted octanol–water partition coefficient (Wildman–Crippen LogP) is 4.90. The quantitative estimate of drug-likeness (QED) is 0.279. The van der Waals surface area contributed by atoms with Crippen molar-refractivity contribution in [2.24, 2.45) is 0 Å². The van der Waals surface area contributed by atoms with Gasteiger partial charge in [0.1, 0.15) is 4.70 Å². The molecule has 0 aliphatic carbocycles. The van der Waals surface area contributed by atoms with Crippen molar-refractivity contribution >= 4 is 49.3 Å². The highest BCUT2D eigenvalue weighted by Crippen LogP contribution is 2.32. The Morgan fingerprint density at radius 3 is 2.88 bits per heavy atom. The van der Waals surface area contributed by atoms with Gasteiger partial charge in [0.2, 0.25) is 5.91 Å². The molecule has 1 unspecified atom stereocenters. The highest BCUT2D eigenvalue weighted by Gasteiger charge is 2.19. The Hall–Kier alpha value is -2.68. The zero-order valence-electron chi connectivity index (χ0n) is 19.1. The number of benzene rings is 2. The monoisotopic (exact) mass is 493 g/mol. The third-order valence-corrected chi connectivity index (χ3v) is 8.35. The second-order valence-corrected chi connectivity index (χ2v) is 10.5. The normalized spacial score (nSPS) is 15.9. The van der Waals surface area contributed by atoms with Gasteiger partial charge in [-0.25, -0.2) is 4.98 Å². The summed E-state index contributed by atoms with van der Waals surface area (Å²) in [5, 5.41) is 4.60. The first-order valence-corrected chi connectivity index (χ1v) is 13.4. The predicted molar refractivity (Wildman–Crippen MR) is 139 cm³/mol. The molecule has 1 atom stereocenters. The molecule has 2 aromatic heterocycles. The van der Waals surface area contributed by atoms with Gasteiger partial charge in [0.05, 0.1) is 11.6 Å². The number of ether oxygens (including phenoxy) is 1. The van der Waals surface area contributed by atoms with Crippen LogP contribution in [-0.2, 0) is 21.8 Å². The molecule has 4 aromatic rings. The van der Waals surface area contributed by atoms with Crippen molar-refractivity contribution in [2.45, 2.75) is 49.7 Å². The van der Waals surface area contributed by atoms with Gasteiger partial charge in [-0.1, -0.05) is 54.2 Å². The average molecular weight is 494 g/mol. The van der Waals surface area contributed by atoms with Crippen molar-refractivity contribution in [2.75, 3.05) is 13.2 Å². The first-order valence-electron chi connectivity index (χ1n) is 11.6. The molecule has 1 aliphatic heterocycles. The summed E-state index contributed by atoms with van der Waals surface area (Å²) in [5.74, 6) is 0.631. The minimum atomic E-state index is -0.0783. The molecule has 0 radical (unpaired) electrons. The van der Waals surface area contributed by atoms with Crippen LogP contribution in [0.3, 0.4) is 0 Å². The number of aryl methyl sites for hydroxylation is 1. The highest BCUT2D eigenvalue weighted by atomic mass is 32.2. The van der Waals surface area contributed by atoms with Crippen molar-refractivity contribution in [3.63, 3.8) is 0 Å². The van der Waals surface area contributed by atoms with Gasteiger partial charge in [0.25, 0.3) is 5.56 Å². The maximum atomic E-state index is 13.5. The van der Waals surface area contributed by atoms with Crippen LogP contribution in [0.5, 0.6) is 0 Å². The van der Waals surface area contributed by atoms with Crippen LogP contribution in [0, 0.1) is 6.92 Å². The number of aromatic nitrogens is 2. The van der Waals surface area contributed by atoms with E-state index in [0.717, 1.165) is 35.1 Å². The Balaban J connectivity index is 1.42. The first kappa shape index (κ1) is 23.1. The Bertz CT molecular complexity index is 1390. The molecule has 2 aromatic carbocycles. The molecule has 3 heterocycles. The van der Waals surface area contributed by atoms with Crippen molar-refractivity contribution in [1.82, 2.24) is 14.9 Å². The lowest BCUT2D eigenvalue weighted by Gasteiger charge is -2.14. The van der Waals surface area contributed by atoms with Crippen LogP contribution in [-0.4, -0.2) is 34.7 Å². The second-order valence-electron chi connectivity index (χ2n) is 8.53. The van der Waals surface area contributed by atoms with Gasteiger partial charge in [-0.05, 0) is 37.0 Å². The van der Waals surface area contributed by atoms with Crippen molar-refractivity contribution in [3.8, 4) is 0 Å². The van der Waals surface area contributed by atoms with Crippen LogP contribution >= 0.6 is 23.1 Å². The molecular formula is C26H27N3O3S2. The number of rotatable bonds is 8. The van der Waals surface area contributed by atoms with E-state index in [1.54, 1.807) is 16.3 Å². The molecule has 176 valence electrons. The minimum Gasteiger partial charge on any atom is -0.376 e. The molecule has 0 bridgehead atoms. The van der Waals surface area contributed by atoms with Gasteiger partial charge in [-0.15, -0.1) is 11.3 Å². The number of carbonyl (C=O) groups is 1. The van der Waals surface area contributed by atoms with Gasteiger partial charge in [0.15, 0.2) is 5.16 Å². The van der Waals surface area contributed by atoms with Crippen LogP contribution < -0.4 is 10.9 Å². The lowest BCUT2D eigenvalue weighted by Crippen LogP contribution is -2.33. The number of carbonyl (C=O) groups excluding carboxylic acids is 1. The zero-order chi connectivity index (χ0) is 23.5. The molecule has 1 fully saturated rings.